The van der Waals surface area contributed by atoms with Crippen molar-refractivity contribution in [2.45, 2.75) is 33.1 Å². The van der Waals surface area contributed by atoms with Gasteiger partial charge in [-0.05, 0) is 62.9 Å². The van der Waals surface area contributed by atoms with Crippen molar-refractivity contribution < 1.29 is 4.79 Å². The van der Waals surface area contributed by atoms with E-state index in [0.29, 0.717) is 12.3 Å². The van der Waals surface area contributed by atoms with E-state index in [1.807, 2.05) is 26.0 Å². The maximum atomic E-state index is 11.9. The summed E-state index contributed by atoms with van der Waals surface area (Å²) in [7, 11) is 0. The Balaban J connectivity index is 0.00000180. The number of carbonyl (C=O) groups excluding carboxylic acids is 1. The molecule has 1 unspecified atom stereocenters. The second kappa shape index (κ2) is 7.51. The molecule has 1 heterocycles. The molecule has 0 aliphatic carbocycles. The molecule has 3 nitrogen and oxygen atoms in total. The summed E-state index contributed by atoms with van der Waals surface area (Å²) in [5.74, 6) is 0.810. The minimum atomic E-state index is 0. The van der Waals surface area contributed by atoms with Crippen molar-refractivity contribution in [3.63, 3.8) is 0 Å². The van der Waals surface area contributed by atoms with Gasteiger partial charge in [-0.1, -0.05) is 12.1 Å². The number of halogens is 1. The van der Waals surface area contributed by atoms with Crippen LogP contribution in [0.1, 0.15) is 30.4 Å². The summed E-state index contributed by atoms with van der Waals surface area (Å²) in [4.78, 5) is 11.9. The summed E-state index contributed by atoms with van der Waals surface area (Å²) in [5, 5.41) is 6.35. The van der Waals surface area contributed by atoms with Crippen molar-refractivity contribution in [3.05, 3.63) is 29.3 Å². The zero-order valence-corrected chi connectivity index (χ0v) is 12.5. The number of anilines is 1. The van der Waals surface area contributed by atoms with E-state index >= 15 is 0 Å². The summed E-state index contributed by atoms with van der Waals surface area (Å²) in [6.07, 6.45) is 2.82. The van der Waals surface area contributed by atoms with Gasteiger partial charge in [0.05, 0.1) is 0 Å². The van der Waals surface area contributed by atoms with Crippen LogP contribution < -0.4 is 10.6 Å². The number of aryl methyl sites for hydroxylation is 2. The first-order chi connectivity index (χ1) is 8.65. The van der Waals surface area contributed by atoms with Gasteiger partial charge >= 0.3 is 0 Å². The molecule has 1 atom stereocenters. The van der Waals surface area contributed by atoms with E-state index in [9.17, 15) is 4.79 Å². The zero-order chi connectivity index (χ0) is 13.0. The Morgan fingerprint density at radius 1 is 1.42 bits per heavy atom. The van der Waals surface area contributed by atoms with Crippen LogP contribution in [-0.2, 0) is 4.79 Å². The van der Waals surface area contributed by atoms with E-state index in [1.165, 1.54) is 12.0 Å². The van der Waals surface area contributed by atoms with Crippen LogP contribution in [0, 0.1) is 19.8 Å². The Bertz CT molecular complexity index is 428. The first kappa shape index (κ1) is 16.0. The van der Waals surface area contributed by atoms with E-state index in [2.05, 4.69) is 16.7 Å². The fourth-order valence-electron chi connectivity index (χ4n) is 2.38. The molecule has 1 aliphatic rings. The highest BCUT2D eigenvalue weighted by atomic mass is 35.5. The highest BCUT2D eigenvalue weighted by Gasteiger charge is 2.15. The lowest BCUT2D eigenvalue weighted by Crippen LogP contribution is -2.15. The maximum Gasteiger partial charge on any atom is 0.224 e. The third-order valence-corrected chi connectivity index (χ3v) is 3.61. The fraction of sp³-hybridized carbons (Fsp3) is 0.533. The average Bonchev–Trinajstić information content (AvgIpc) is 2.84. The van der Waals surface area contributed by atoms with E-state index < -0.39 is 0 Å². The van der Waals surface area contributed by atoms with Gasteiger partial charge < -0.3 is 10.6 Å². The Hall–Kier alpha value is -1.06. The van der Waals surface area contributed by atoms with Crippen LogP contribution in [-0.4, -0.2) is 19.0 Å². The standard InChI is InChI=1S/C15H22N2O.ClH/c1-11-3-4-12(2)14(9-11)17-15(18)6-5-13-7-8-16-10-13;/h3-4,9,13,16H,5-8,10H2,1-2H3,(H,17,18);1H. The fourth-order valence-corrected chi connectivity index (χ4v) is 2.38. The zero-order valence-electron chi connectivity index (χ0n) is 11.7. The van der Waals surface area contributed by atoms with Gasteiger partial charge in [0.25, 0.3) is 0 Å². The van der Waals surface area contributed by atoms with Gasteiger partial charge in [0.1, 0.15) is 0 Å². The number of hydrogen-bond donors (Lipinski definition) is 2. The molecular formula is C15H23ClN2O. The van der Waals surface area contributed by atoms with Crippen molar-refractivity contribution >= 4 is 24.0 Å². The number of amides is 1. The van der Waals surface area contributed by atoms with Gasteiger partial charge in [-0.2, -0.15) is 0 Å². The molecule has 2 rings (SSSR count). The Kier molecular flexibility index (Phi) is 6.32. The lowest BCUT2D eigenvalue weighted by atomic mass is 10.0. The molecule has 1 saturated heterocycles. The molecular weight excluding hydrogens is 260 g/mol. The van der Waals surface area contributed by atoms with Crippen LogP contribution in [0.3, 0.4) is 0 Å². The van der Waals surface area contributed by atoms with E-state index in [0.717, 1.165) is 30.8 Å². The molecule has 0 bridgehead atoms. The monoisotopic (exact) mass is 282 g/mol. The smallest absolute Gasteiger partial charge is 0.224 e. The maximum absolute atomic E-state index is 11.9. The summed E-state index contributed by atoms with van der Waals surface area (Å²) in [5.41, 5.74) is 3.25. The topological polar surface area (TPSA) is 41.1 Å². The number of nitrogens with one attached hydrogen (secondary N) is 2. The lowest BCUT2D eigenvalue weighted by molar-refractivity contribution is -0.116. The van der Waals surface area contributed by atoms with Crippen molar-refractivity contribution in [1.29, 1.82) is 0 Å². The van der Waals surface area contributed by atoms with Crippen LogP contribution in [0.15, 0.2) is 18.2 Å². The molecule has 0 spiro atoms. The summed E-state index contributed by atoms with van der Waals surface area (Å²) >= 11 is 0. The summed E-state index contributed by atoms with van der Waals surface area (Å²) in [6.45, 7) is 6.23. The first-order valence-electron chi connectivity index (χ1n) is 6.73. The summed E-state index contributed by atoms with van der Waals surface area (Å²) in [6, 6.07) is 6.14. The molecule has 1 fully saturated rings. The van der Waals surface area contributed by atoms with Crippen molar-refractivity contribution in [2.75, 3.05) is 18.4 Å². The van der Waals surface area contributed by atoms with Crippen molar-refractivity contribution in [2.24, 2.45) is 5.92 Å². The van der Waals surface area contributed by atoms with Gasteiger partial charge in [0.2, 0.25) is 5.91 Å². The van der Waals surface area contributed by atoms with Gasteiger partial charge in [-0.15, -0.1) is 12.4 Å². The third-order valence-electron chi connectivity index (χ3n) is 3.61. The van der Waals surface area contributed by atoms with E-state index in [-0.39, 0.29) is 18.3 Å². The molecule has 4 heteroatoms. The molecule has 2 N–H and O–H groups in total. The van der Waals surface area contributed by atoms with Crippen LogP contribution in [0.5, 0.6) is 0 Å². The highest BCUT2D eigenvalue weighted by molar-refractivity contribution is 5.91. The normalized spacial score (nSPS) is 17.9. The van der Waals surface area contributed by atoms with Crippen molar-refractivity contribution in [3.8, 4) is 0 Å². The molecule has 0 aromatic heterocycles. The summed E-state index contributed by atoms with van der Waals surface area (Å²) < 4.78 is 0. The molecule has 0 saturated carbocycles. The van der Waals surface area contributed by atoms with Gasteiger partial charge in [-0.3, -0.25) is 4.79 Å². The number of carbonyl (C=O) groups is 1. The minimum absolute atomic E-state index is 0. The molecule has 106 valence electrons. The quantitative estimate of drug-likeness (QED) is 0.891. The van der Waals surface area contributed by atoms with E-state index in [4.69, 9.17) is 0 Å². The molecule has 1 aromatic carbocycles. The van der Waals surface area contributed by atoms with Crippen molar-refractivity contribution in [1.82, 2.24) is 5.32 Å². The predicted molar refractivity (Wildman–Crippen MR) is 82.0 cm³/mol. The van der Waals surface area contributed by atoms with Crippen LogP contribution in [0.25, 0.3) is 0 Å². The molecule has 19 heavy (non-hydrogen) atoms. The Labute approximate surface area is 121 Å². The highest BCUT2D eigenvalue weighted by Crippen LogP contribution is 2.18. The van der Waals surface area contributed by atoms with Crippen LogP contribution in [0.4, 0.5) is 5.69 Å². The first-order valence-corrected chi connectivity index (χ1v) is 6.73. The second-order valence-electron chi connectivity index (χ2n) is 5.26. The molecule has 1 aromatic rings. The second-order valence-corrected chi connectivity index (χ2v) is 5.26. The number of hydrogen-bond acceptors (Lipinski definition) is 2. The lowest BCUT2D eigenvalue weighted by Gasteiger charge is -2.11. The number of rotatable bonds is 4. The predicted octanol–water partition coefficient (Wildman–Crippen LogP) is 3.05. The minimum Gasteiger partial charge on any atom is -0.326 e. The Morgan fingerprint density at radius 2 is 2.21 bits per heavy atom. The van der Waals surface area contributed by atoms with Crippen LogP contribution >= 0.6 is 12.4 Å². The van der Waals surface area contributed by atoms with E-state index in [1.54, 1.807) is 0 Å². The molecule has 1 aliphatic heterocycles. The largest absolute Gasteiger partial charge is 0.326 e. The average molecular weight is 283 g/mol. The third kappa shape index (κ3) is 4.84. The van der Waals surface area contributed by atoms with Crippen LogP contribution in [0.2, 0.25) is 0 Å². The number of benzene rings is 1. The van der Waals surface area contributed by atoms with Gasteiger partial charge in [0.15, 0.2) is 0 Å². The van der Waals surface area contributed by atoms with Gasteiger partial charge in [-0.25, -0.2) is 0 Å². The molecule has 0 radical (unpaired) electrons. The molecule has 1 amide bonds. The van der Waals surface area contributed by atoms with Gasteiger partial charge in [0, 0.05) is 12.1 Å². The SMILES string of the molecule is Cc1ccc(C)c(NC(=O)CCC2CCNC2)c1.Cl. The Morgan fingerprint density at radius 3 is 2.89 bits per heavy atom.